The van der Waals surface area contributed by atoms with E-state index in [1.165, 1.54) is 0 Å². The third-order valence-corrected chi connectivity index (χ3v) is 8.53. The number of hydrogen-bond donors (Lipinski definition) is 0. The maximum atomic E-state index is 13.3. The highest BCUT2D eigenvalue weighted by atomic mass is 16.5. The van der Waals surface area contributed by atoms with E-state index in [1.807, 2.05) is 6.07 Å². The lowest BCUT2D eigenvalue weighted by Crippen LogP contribution is -2.44. The molecular formula is C26H27NO5. The molecule has 1 heterocycles. The van der Waals surface area contributed by atoms with Gasteiger partial charge in [0.1, 0.15) is 0 Å². The van der Waals surface area contributed by atoms with Crippen LogP contribution in [0.15, 0.2) is 42.5 Å². The zero-order valence-corrected chi connectivity index (χ0v) is 17.9. The van der Waals surface area contributed by atoms with Gasteiger partial charge < -0.3 is 4.74 Å². The van der Waals surface area contributed by atoms with E-state index in [4.69, 9.17) is 4.74 Å². The second-order valence-electron chi connectivity index (χ2n) is 10.1. The van der Waals surface area contributed by atoms with Gasteiger partial charge in [0.05, 0.1) is 17.8 Å². The van der Waals surface area contributed by atoms with E-state index in [0.29, 0.717) is 43.1 Å². The molecule has 2 bridgehead atoms. The lowest BCUT2D eigenvalue weighted by molar-refractivity contribution is -0.149. The molecule has 2 amide bonds. The number of ketones is 1. The van der Waals surface area contributed by atoms with Crippen molar-refractivity contribution in [3.63, 3.8) is 0 Å². The minimum absolute atomic E-state index is 0.0178. The largest absolute Gasteiger partial charge is 0.457 e. The van der Waals surface area contributed by atoms with Crippen LogP contribution < -0.4 is 0 Å². The van der Waals surface area contributed by atoms with Crippen molar-refractivity contribution in [2.24, 2.45) is 41.4 Å². The van der Waals surface area contributed by atoms with Crippen LogP contribution in [0.3, 0.4) is 0 Å². The van der Waals surface area contributed by atoms with Gasteiger partial charge in [0.25, 0.3) is 0 Å². The van der Waals surface area contributed by atoms with E-state index in [-0.39, 0.29) is 65.8 Å². The van der Waals surface area contributed by atoms with Crippen molar-refractivity contribution < 1.29 is 23.9 Å². The van der Waals surface area contributed by atoms with Gasteiger partial charge in [-0.2, -0.15) is 0 Å². The summed E-state index contributed by atoms with van der Waals surface area (Å²) < 4.78 is 5.29. The second-order valence-corrected chi connectivity index (χ2v) is 10.1. The summed E-state index contributed by atoms with van der Waals surface area (Å²) in [6.07, 6.45) is 7.95. The van der Waals surface area contributed by atoms with Gasteiger partial charge in [-0.15, -0.1) is 0 Å². The Kier molecular flexibility index (Phi) is 4.60. The predicted molar refractivity (Wildman–Crippen MR) is 114 cm³/mol. The van der Waals surface area contributed by atoms with Gasteiger partial charge >= 0.3 is 5.97 Å². The highest BCUT2D eigenvalue weighted by molar-refractivity contribution is 6.06. The molecule has 1 aromatic rings. The lowest BCUT2D eigenvalue weighted by Gasteiger charge is -2.37. The first-order chi connectivity index (χ1) is 15.5. The number of carbonyl (C=O) groups excluding carboxylic acids is 4. The molecule has 4 fully saturated rings. The number of nitrogens with zero attached hydrogens (tertiary/aromatic N) is 1. The maximum absolute atomic E-state index is 13.3. The summed E-state index contributed by atoms with van der Waals surface area (Å²) in [4.78, 5) is 52.8. The second kappa shape index (κ2) is 7.39. The molecule has 32 heavy (non-hydrogen) atoms. The Bertz CT molecular complexity index is 972. The van der Waals surface area contributed by atoms with E-state index >= 15 is 0 Å². The number of allylic oxidation sites excluding steroid dienone is 2. The summed E-state index contributed by atoms with van der Waals surface area (Å²) in [5, 5.41) is 0. The molecule has 5 aliphatic carbocycles. The number of rotatable bonds is 5. The molecule has 1 aromatic carbocycles. The van der Waals surface area contributed by atoms with Crippen molar-refractivity contribution in [1.29, 1.82) is 0 Å². The van der Waals surface area contributed by atoms with Gasteiger partial charge in [-0.25, -0.2) is 0 Å². The third-order valence-electron chi connectivity index (χ3n) is 8.53. The normalized spacial score (nSPS) is 38.9. The first-order valence-corrected chi connectivity index (χ1v) is 11.8. The Hall–Kier alpha value is -2.76. The fraction of sp³-hybridized carbons (Fsp3) is 0.538. The molecule has 6 unspecified atom stereocenters. The molecule has 1 saturated heterocycles. The number of hydrogen-bond acceptors (Lipinski definition) is 5. The third kappa shape index (κ3) is 2.99. The van der Waals surface area contributed by atoms with E-state index in [0.717, 1.165) is 6.42 Å². The van der Waals surface area contributed by atoms with Gasteiger partial charge in [-0.05, 0) is 55.8 Å². The minimum Gasteiger partial charge on any atom is -0.457 e. The van der Waals surface area contributed by atoms with Gasteiger partial charge in [0.2, 0.25) is 11.8 Å². The van der Waals surface area contributed by atoms with E-state index in [2.05, 4.69) is 12.2 Å². The summed E-state index contributed by atoms with van der Waals surface area (Å²) in [6.45, 7) is -0.257. The number of amides is 2. The van der Waals surface area contributed by atoms with Crippen molar-refractivity contribution in [2.75, 3.05) is 6.61 Å². The number of imide groups is 1. The van der Waals surface area contributed by atoms with Crippen LogP contribution in [0.1, 0.15) is 42.5 Å². The minimum atomic E-state index is -0.359. The van der Waals surface area contributed by atoms with Crippen LogP contribution in [0.25, 0.3) is 0 Å². The average Bonchev–Trinajstić information content (AvgIpc) is 3.61. The molecule has 3 saturated carbocycles. The summed E-state index contributed by atoms with van der Waals surface area (Å²) in [5.74, 6) is 0.547. The van der Waals surface area contributed by atoms with Crippen LogP contribution in [0.4, 0.5) is 0 Å². The van der Waals surface area contributed by atoms with Crippen LogP contribution in [0.5, 0.6) is 0 Å². The molecule has 7 rings (SSSR count). The topological polar surface area (TPSA) is 80.8 Å². The van der Waals surface area contributed by atoms with Crippen LogP contribution in [-0.2, 0) is 19.1 Å². The van der Waals surface area contributed by atoms with Crippen molar-refractivity contribution in [2.45, 2.75) is 38.1 Å². The number of carbonyl (C=O) groups is 4. The van der Waals surface area contributed by atoms with E-state index in [9.17, 15) is 19.2 Å². The molecule has 0 radical (unpaired) electrons. The Morgan fingerprint density at radius 2 is 1.47 bits per heavy atom. The zero-order valence-electron chi connectivity index (χ0n) is 17.9. The molecule has 6 atom stereocenters. The molecular weight excluding hydrogens is 406 g/mol. The summed E-state index contributed by atoms with van der Waals surface area (Å²) in [6, 6.07) is 8.67. The Balaban J connectivity index is 1.05. The highest BCUT2D eigenvalue weighted by Crippen LogP contribution is 2.65. The Labute approximate surface area is 187 Å². The summed E-state index contributed by atoms with van der Waals surface area (Å²) in [7, 11) is 0. The highest BCUT2D eigenvalue weighted by Gasteiger charge is 2.67. The maximum Gasteiger partial charge on any atom is 0.309 e. The van der Waals surface area contributed by atoms with Crippen molar-refractivity contribution in [1.82, 2.24) is 4.90 Å². The molecule has 1 aliphatic heterocycles. The van der Waals surface area contributed by atoms with E-state index < -0.39 is 0 Å². The van der Waals surface area contributed by atoms with Crippen LogP contribution >= 0.6 is 0 Å². The fourth-order valence-corrected chi connectivity index (χ4v) is 6.87. The summed E-state index contributed by atoms with van der Waals surface area (Å²) in [5.41, 5.74) is 0.526. The van der Waals surface area contributed by atoms with Crippen LogP contribution in [0, 0.1) is 41.4 Å². The van der Waals surface area contributed by atoms with Crippen molar-refractivity contribution in [3.05, 3.63) is 48.0 Å². The molecule has 6 heteroatoms. The lowest BCUT2D eigenvalue weighted by atomic mass is 9.63. The number of ether oxygens (including phenoxy) is 1. The van der Waals surface area contributed by atoms with E-state index in [1.54, 1.807) is 29.2 Å². The number of Topliss-reactive ketones (excluding diaryl/α,β-unsaturated/α-hetero) is 1. The Morgan fingerprint density at radius 3 is 2.06 bits per heavy atom. The van der Waals surface area contributed by atoms with Crippen molar-refractivity contribution >= 4 is 23.6 Å². The number of likely N-dealkylation sites (tertiary alicyclic amines) is 1. The quantitative estimate of drug-likeness (QED) is 0.309. The molecule has 166 valence electrons. The number of benzene rings is 1. The van der Waals surface area contributed by atoms with Crippen LogP contribution in [0.2, 0.25) is 0 Å². The molecule has 0 spiro atoms. The molecule has 0 N–H and O–H groups in total. The van der Waals surface area contributed by atoms with Gasteiger partial charge in [0.15, 0.2) is 12.4 Å². The van der Waals surface area contributed by atoms with Crippen molar-refractivity contribution in [3.8, 4) is 0 Å². The monoisotopic (exact) mass is 433 g/mol. The standard InChI is InChI=1S/C26H27NO5/c28-21(14-4-2-1-3-5-14)13-32-26(31)15-6-8-16(9-7-15)27-24(29)22-17-10-11-18(20-12-19(17)20)23(22)25(27)30/h1-5,10-11,15-20,22-23H,6-9,12-13H2. The van der Waals surface area contributed by atoms with Gasteiger partial charge in [-0.3, -0.25) is 24.1 Å². The fourth-order valence-electron chi connectivity index (χ4n) is 6.87. The Morgan fingerprint density at radius 1 is 0.875 bits per heavy atom. The first kappa shape index (κ1) is 19.9. The molecule has 0 aromatic heterocycles. The predicted octanol–water partition coefficient (Wildman–Crippen LogP) is 3.02. The summed E-state index contributed by atoms with van der Waals surface area (Å²) >= 11 is 0. The molecule has 6 nitrogen and oxygen atoms in total. The SMILES string of the molecule is O=C(COC(=O)C1CCC(N2C(=O)C3C4C=CC(C5CC45)C3C2=O)CC1)c1ccccc1. The molecule has 6 aliphatic rings. The number of esters is 1. The van der Waals surface area contributed by atoms with Gasteiger partial charge in [-0.1, -0.05) is 42.5 Å². The zero-order chi connectivity index (χ0) is 22.0. The van der Waals surface area contributed by atoms with Crippen LogP contribution in [-0.4, -0.2) is 41.1 Å². The van der Waals surface area contributed by atoms with Gasteiger partial charge in [0, 0.05) is 11.6 Å². The smallest absolute Gasteiger partial charge is 0.309 e. The average molecular weight is 434 g/mol. The first-order valence-electron chi connectivity index (χ1n) is 11.8.